The second kappa shape index (κ2) is 18.2. The van der Waals surface area contributed by atoms with E-state index in [1.807, 2.05) is 0 Å². The predicted octanol–water partition coefficient (Wildman–Crippen LogP) is -4.90. The Morgan fingerprint density at radius 3 is 1.91 bits per heavy atom. The molecule has 13 N–H and O–H groups in total. The van der Waals surface area contributed by atoms with Gasteiger partial charge in [-0.2, -0.15) is 0 Å². The van der Waals surface area contributed by atoms with E-state index in [4.69, 9.17) is 11.5 Å². The lowest BCUT2D eigenvalue weighted by Crippen LogP contribution is -2.60. The Morgan fingerprint density at radius 1 is 0.844 bits per heavy atom. The number of aliphatic carboxylic acids is 1. The van der Waals surface area contributed by atoms with Crippen molar-refractivity contribution in [1.82, 2.24) is 36.6 Å². The van der Waals surface area contributed by atoms with Gasteiger partial charge < -0.3 is 58.4 Å². The van der Waals surface area contributed by atoms with E-state index in [1.54, 1.807) is 13.8 Å². The predicted molar refractivity (Wildman–Crippen MR) is 155 cm³/mol. The first-order valence-electron chi connectivity index (χ1n) is 14.0. The minimum atomic E-state index is -1.64. The van der Waals surface area contributed by atoms with Gasteiger partial charge in [-0.05, 0) is 26.2 Å². The van der Waals surface area contributed by atoms with Crippen molar-refractivity contribution in [2.75, 3.05) is 6.61 Å². The van der Waals surface area contributed by atoms with Crippen molar-refractivity contribution >= 4 is 41.4 Å². The smallest absolute Gasteiger partial charge is 0.328 e. The molecule has 1 rings (SSSR count). The van der Waals surface area contributed by atoms with Crippen molar-refractivity contribution < 1.29 is 48.9 Å². The maximum Gasteiger partial charge on any atom is 0.328 e. The number of amides is 6. The number of aliphatic hydroxyl groups excluding tert-OH is 2. The summed E-state index contributed by atoms with van der Waals surface area (Å²) >= 11 is 0. The number of carbonyl (C=O) groups is 7. The quantitative estimate of drug-likeness (QED) is 0.0677. The standard InChI is InChI=1S/C26H43N9O10/c1-11(2)19(25(43)35-20(13(4)37)26(44)45)34-21(39)12(3)31-23(41)16(5-6-18(28)38)32-24(42)17(7-14-8-29-10-30-14)33-22(40)15(27)9-36/h8,10-13,15-17,19-20,36-37H,5-7,9,27H2,1-4H3,(H2,28,38)(H,29,30)(H,31,41)(H,32,42)(H,33,40)(H,34,39)(H,35,43)(H,44,45)/t12-,13+,15-,16-,17-,19-,20-/m0/s1. The Morgan fingerprint density at radius 2 is 1.42 bits per heavy atom. The third-order valence-corrected chi connectivity index (χ3v) is 6.50. The SMILES string of the molecule is CC(C)[C@H](NC(=O)[C@H](C)NC(=O)[C@H](CCC(N)=O)NC(=O)[C@H](Cc1cnc[nH]1)NC(=O)[C@@H](N)CO)C(=O)N[C@H](C(=O)O)[C@@H](C)O. The highest BCUT2D eigenvalue weighted by Gasteiger charge is 2.33. The molecule has 0 bridgehead atoms. The summed E-state index contributed by atoms with van der Waals surface area (Å²) in [6, 6.07) is -8.24. The third-order valence-electron chi connectivity index (χ3n) is 6.50. The highest BCUT2D eigenvalue weighted by atomic mass is 16.4. The molecule has 19 heteroatoms. The normalized spacial score (nSPS) is 15.7. The molecule has 0 fully saturated rings. The van der Waals surface area contributed by atoms with E-state index >= 15 is 0 Å². The topological polar surface area (TPSA) is 321 Å². The van der Waals surface area contributed by atoms with E-state index in [0.29, 0.717) is 5.69 Å². The van der Waals surface area contributed by atoms with Crippen LogP contribution in [-0.2, 0) is 40.0 Å². The molecule has 0 aliphatic carbocycles. The number of aromatic amines is 1. The maximum atomic E-state index is 13.2. The molecule has 0 unspecified atom stereocenters. The highest BCUT2D eigenvalue weighted by molar-refractivity contribution is 5.96. The van der Waals surface area contributed by atoms with Gasteiger partial charge in [0.15, 0.2) is 6.04 Å². The van der Waals surface area contributed by atoms with Crippen LogP contribution in [0.3, 0.4) is 0 Å². The number of nitrogens with one attached hydrogen (secondary N) is 6. The molecule has 0 aliphatic rings. The maximum absolute atomic E-state index is 13.2. The molecule has 6 amide bonds. The first-order valence-corrected chi connectivity index (χ1v) is 14.0. The highest BCUT2D eigenvalue weighted by Crippen LogP contribution is 2.07. The Bertz CT molecular complexity index is 1190. The minimum absolute atomic E-state index is 0.116. The molecule has 0 saturated heterocycles. The largest absolute Gasteiger partial charge is 0.480 e. The number of hydrogen-bond acceptors (Lipinski definition) is 11. The van der Waals surface area contributed by atoms with Gasteiger partial charge in [0.2, 0.25) is 35.4 Å². The number of H-pyrrole nitrogens is 1. The molecule has 7 atom stereocenters. The Labute approximate surface area is 258 Å². The van der Waals surface area contributed by atoms with E-state index < -0.39 is 96.3 Å². The van der Waals surface area contributed by atoms with E-state index in [1.165, 1.54) is 26.4 Å². The number of nitrogens with zero attached hydrogens (tertiary/aromatic N) is 1. The summed E-state index contributed by atoms with van der Waals surface area (Å²) in [4.78, 5) is 93.9. The van der Waals surface area contributed by atoms with Crippen LogP contribution in [0.15, 0.2) is 12.5 Å². The van der Waals surface area contributed by atoms with Gasteiger partial charge in [0.1, 0.15) is 30.2 Å². The zero-order valence-corrected chi connectivity index (χ0v) is 25.4. The summed E-state index contributed by atoms with van der Waals surface area (Å²) in [7, 11) is 0. The van der Waals surface area contributed by atoms with Crippen molar-refractivity contribution in [1.29, 1.82) is 0 Å². The number of rotatable bonds is 19. The van der Waals surface area contributed by atoms with Crippen LogP contribution in [0.25, 0.3) is 0 Å². The lowest BCUT2D eigenvalue weighted by molar-refractivity contribution is -0.145. The minimum Gasteiger partial charge on any atom is -0.480 e. The summed E-state index contributed by atoms with van der Waals surface area (Å²) in [6.07, 6.45) is 0.568. The van der Waals surface area contributed by atoms with E-state index in [-0.39, 0.29) is 19.3 Å². The van der Waals surface area contributed by atoms with Gasteiger partial charge in [-0.1, -0.05) is 13.8 Å². The van der Waals surface area contributed by atoms with Gasteiger partial charge in [-0.3, -0.25) is 28.8 Å². The second-order valence-corrected chi connectivity index (χ2v) is 10.7. The molecule has 1 aromatic rings. The summed E-state index contributed by atoms with van der Waals surface area (Å²) in [5.41, 5.74) is 11.2. The van der Waals surface area contributed by atoms with Crippen molar-refractivity contribution in [2.45, 2.75) is 89.3 Å². The zero-order valence-electron chi connectivity index (χ0n) is 25.4. The molecule has 1 heterocycles. The molecule has 0 aromatic carbocycles. The number of imidazole rings is 1. The molecule has 252 valence electrons. The van der Waals surface area contributed by atoms with Crippen LogP contribution in [0.2, 0.25) is 0 Å². The van der Waals surface area contributed by atoms with E-state index in [9.17, 15) is 48.9 Å². The van der Waals surface area contributed by atoms with Gasteiger partial charge in [0.25, 0.3) is 0 Å². The molecular weight excluding hydrogens is 598 g/mol. The van der Waals surface area contributed by atoms with Crippen LogP contribution in [-0.4, -0.2) is 116 Å². The summed E-state index contributed by atoms with van der Waals surface area (Å²) < 4.78 is 0. The fourth-order valence-corrected chi connectivity index (χ4v) is 3.84. The van der Waals surface area contributed by atoms with Crippen LogP contribution < -0.4 is 38.1 Å². The molecule has 0 radical (unpaired) electrons. The summed E-state index contributed by atoms with van der Waals surface area (Å²) in [5, 5.41) is 39.9. The number of carbonyl (C=O) groups excluding carboxylic acids is 6. The number of primary amides is 1. The Kier molecular flexibility index (Phi) is 15.6. The Hall–Kier alpha value is -4.62. The van der Waals surface area contributed by atoms with Crippen LogP contribution in [0.1, 0.15) is 46.2 Å². The van der Waals surface area contributed by atoms with Gasteiger partial charge >= 0.3 is 5.97 Å². The summed E-state index contributed by atoms with van der Waals surface area (Å²) in [5.74, 6) is -7.17. The van der Waals surface area contributed by atoms with Crippen LogP contribution >= 0.6 is 0 Å². The number of carboxylic acid groups (broad SMARTS) is 1. The van der Waals surface area contributed by atoms with E-state index in [2.05, 4.69) is 36.6 Å². The fraction of sp³-hybridized carbons (Fsp3) is 0.615. The monoisotopic (exact) mass is 641 g/mol. The summed E-state index contributed by atoms with van der Waals surface area (Å²) in [6.45, 7) is 4.90. The molecule has 0 aliphatic heterocycles. The second-order valence-electron chi connectivity index (χ2n) is 10.7. The number of aromatic nitrogens is 2. The number of hydrogen-bond donors (Lipinski definition) is 11. The van der Waals surface area contributed by atoms with Crippen LogP contribution in [0, 0.1) is 5.92 Å². The number of nitrogens with two attached hydrogens (primary N) is 2. The first kappa shape index (κ1) is 38.4. The van der Waals surface area contributed by atoms with Crippen molar-refractivity contribution in [3.05, 3.63) is 18.2 Å². The Balaban J connectivity index is 3.07. The van der Waals surface area contributed by atoms with Gasteiger partial charge in [-0.15, -0.1) is 0 Å². The lowest BCUT2D eigenvalue weighted by atomic mass is 10.0. The first-order chi connectivity index (χ1) is 21.0. The molecule has 19 nitrogen and oxygen atoms in total. The average Bonchev–Trinajstić information content (AvgIpc) is 3.47. The molecule has 1 aromatic heterocycles. The molecule has 45 heavy (non-hydrogen) atoms. The van der Waals surface area contributed by atoms with Gasteiger partial charge in [0, 0.05) is 24.7 Å². The van der Waals surface area contributed by atoms with Crippen LogP contribution in [0.5, 0.6) is 0 Å². The molecule has 0 saturated carbocycles. The van der Waals surface area contributed by atoms with Crippen molar-refractivity contribution in [3.63, 3.8) is 0 Å². The van der Waals surface area contributed by atoms with Crippen molar-refractivity contribution in [3.8, 4) is 0 Å². The van der Waals surface area contributed by atoms with E-state index in [0.717, 1.165) is 0 Å². The van der Waals surface area contributed by atoms with Gasteiger partial charge in [0.05, 0.1) is 19.0 Å². The molecular formula is C26H43N9O10. The van der Waals surface area contributed by atoms with Gasteiger partial charge in [-0.25, -0.2) is 9.78 Å². The number of aliphatic hydroxyl groups is 2. The molecule has 0 spiro atoms. The zero-order chi connectivity index (χ0) is 34.4. The van der Waals surface area contributed by atoms with Crippen molar-refractivity contribution in [2.24, 2.45) is 17.4 Å². The fourth-order valence-electron chi connectivity index (χ4n) is 3.84. The third kappa shape index (κ3) is 12.9. The average molecular weight is 642 g/mol. The van der Waals surface area contributed by atoms with Crippen LogP contribution in [0.4, 0.5) is 0 Å². The lowest BCUT2D eigenvalue weighted by Gasteiger charge is -2.27. The number of carboxylic acids is 1.